The third kappa shape index (κ3) is 4.72. The zero-order valence-electron chi connectivity index (χ0n) is 13.7. The van der Waals surface area contributed by atoms with Crippen molar-refractivity contribution in [1.82, 2.24) is 15.0 Å². The lowest BCUT2D eigenvalue weighted by molar-refractivity contribution is 0.274. The zero-order chi connectivity index (χ0) is 15.2. The highest BCUT2D eigenvalue weighted by molar-refractivity contribution is 5.42. The molecule has 2 unspecified atom stereocenters. The van der Waals surface area contributed by atoms with E-state index in [1.165, 1.54) is 32.1 Å². The summed E-state index contributed by atoms with van der Waals surface area (Å²) in [5.74, 6) is 3.66. The predicted octanol–water partition coefficient (Wildman–Crippen LogP) is 2.61. The number of hydrogen-bond acceptors (Lipinski definition) is 6. The Bertz CT molecular complexity index is 448. The molecule has 21 heavy (non-hydrogen) atoms. The first-order chi connectivity index (χ1) is 10.1. The van der Waals surface area contributed by atoms with Crippen LogP contribution in [0.5, 0.6) is 0 Å². The molecule has 2 atom stereocenters. The summed E-state index contributed by atoms with van der Waals surface area (Å²) in [4.78, 5) is 15.0. The molecule has 2 N–H and O–H groups in total. The predicted molar refractivity (Wildman–Crippen MR) is 87.9 cm³/mol. The quantitative estimate of drug-likeness (QED) is 0.840. The summed E-state index contributed by atoms with van der Waals surface area (Å²) in [5, 5.41) is 6.33. The molecule has 0 bridgehead atoms. The molecule has 0 aliphatic heterocycles. The van der Waals surface area contributed by atoms with E-state index in [0.29, 0.717) is 17.8 Å². The summed E-state index contributed by atoms with van der Waals surface area (Å²) in [7, 11) is 5.69. The molecule has 1 aromatic rings. The van der Waals surface area contributed by atoms with E-state index in [0.717, 1.165) is 18.4 Å². The van der Waals surface area contributed by atoms with Gasteiger partial charge in [0.15, 0.2) is 0 Å². The molecule has 6 nitrogen and oxygen atoms in total. The molecule has 2 rings (SSSR count). The van der Waals surface area contributed by atoms with Crippen LogP contribution in [0.1, 0.15) is 39.0 Å². The first-order valence-corrected chi connectivity index (χ1v) is 7.93. The summed E-state index contributed by atoms with van der Waals surface area (Å²) in [6.07, 6.45) is 6.71. The van der Waals surface area contributed by atoms with Crippen LogP contribution < -0.4 is 15.5 Å². The number of anilines is 3. The fourth-order valence-electron chi connectivity index (χ4n) is 2.97. The number of nitrogens with one attached hydrogen (secondary N) is 2. The van der Waals surface area contributed by atoms with Gasteiger partial charge in [0.2, 0.25) is 17.8 Å². The third-order valence-corrected chi connectivity index (χ3v) is 4.13. The summed E-state index contributed by atoms with van der Waals surface area (Å²) >= 11 is 0. The molecule has 1 fully saturated rings. The molecule has 0 aromatic carbocycles. The van der Waals surface area contributed by atoms with E-state index in [1.807, 2.05) is 26.0 Å². The standard InChI is InChI=1S/C15H28N6/c1-11-6-5-7-12(10-11)8-9-17-14-18-13(16-2)19-15(20-14)21(3)4/h11-12H,5-10H2,1-4H3,(H2,16,17,18,19,20). The molecule has 6 heteroatoms. The van der Waals surface area contributed by atoms with E-state index in [9.17, 15) is 0 Å². The van der Waals surface area contributed by atoms with Crippen LogP contribution in [0.2, 0.25) is 0 Å². The van der Waals surface area contributed by atoms with Crippen LogP contribution >= 0.6 is 0 Å². The summed E-state index contributed by atoms with van der Waals surface area (Å²) in [5.41, 5.74) is 0. The lowest BCUT2D eigenvalue weighted by atomic mass is 9.81. The van der Waals surface area contributed by atoms with Crippen molar-refractivity contribution >= 4 is 17.8 Å². The molecule has 1 saturated carbocycles. The molecule has 1 aliphatic carbocycles. The van der Waals surface area contributed by atoms with E-state index >= 15 is 0 Å². The molecule has 1 aromatic heterocycles. The highest BCUT2D eigenvalue weighted by Gasteiger charge is 2.18. The van der Waals surface area contributed by atoms with Gasteiger partial charge in [-0.15, -0.1) is 0 Å². The molecule has 118 valence electrons. The summed E-state index contributed by atoms with van der Waals surface area (Å²) in [6, 6.07) is 0. The van der Waals surface area contributed by atoms with Crippen molar-refractivity contribution in [2.45, 2.75) is 39.0 Å². The van der Waals surface area contributed by atoms with Crippen LogP contribution in [0.25, 0.3) is 0 Å². The van der Waals surface area contributed by atoms with E-state index < -0.39 is 0 Å². The lowest BCUT2D eigenvalue weighted by Gasteiger charge is -2.26. The Morgan fingerprint density at radius 2 is 1.90 bits per heavy atom. The minimum atomic E-state index is 0.600. The average Bonchev–Trinajstić information content (AvgIpc) is 2.47. The molecule has 0 amide bonds. The van der Waals surface area contributed by atoms with Gasteiger partial charge in [-0.25, -0.2) is 0 Å². The van der Waals surface area contributed by atoms with Gasteiger partial charge >= 0.3 is 0 Å². The van der Waals surface area contributed by atoms with Gasteiger partial charge in [-0.05, 0) is 24.7 Å². The van der Waals surface area contributed by atoms with Crippen molar-refractivity contribution in [1.29, 1.82) is 0 Å². The Labute approximate surface area is 127 Å². The maximum absolute atomic E-state index is 4.43. The van der Waals surface area contributed by atoms with Gasteiger partial charge in [0, 0.05) is 27.7 Å². The SMILES string of the molecule is CNc1nc(NCCC2CCCC(C)C2)nc(N(C)C)n1. The van der Waals surface area contributed by atoms with E-state index in [1.54, 1.807) is 0 Å². The zero-order valence-corrected chi connectivity index (χ0v) is 13.7. The van der Waals surface area contributed by atoms with Crippen molar-refractivity contribution in [2.75, 3.05) is 43.2 Å². The summed E-state index contributed by atoms with van der Waals surface area (Å²) in [6.45, 7) is 3.30. The Morgan fingerprint density at radius 1 is 1.14 bits per heavy atom. The Balaban J connectivity index is 1.88. The van der Waals surface area contributed by atoms with Crippen LogP contribution in [0, 0.1) is 11.8 Å². The van der Waals surface area contributed by atoms with Gasteiger partial charge in [-0.1, -0.05) is 26.2 Å². The Hall–Kier alpha value is -1.59. The second kappa shape index (κ2) is 7.43. The smallest absolute Gasteiger partial charge is 0.231 e. The average molecular weight is 292 g/mol. The van der Waals surface area contributed by atoms with Gasteiger partial charge in [-0.2, -0.15) is 15.0 Å². The van der Waals surface area contributed by atoms with Crippen molar-refractivity contribution < 1.29 is 0 Å². The largest absolute Gasteiger partial charge is 0.357 e. The third-order valence-electron chi connectivity index (χ3n) is 4.13. The Morgan fingerprint density at radius 3 is 2.57 bits per heavy atom. The number of hydrogen-bond donors (Lipinski definition) is 2. The number of aromatic nitrogens is 3. The minimum Gasteiger partial charge on any atom is -0.357 e. The van der Waals surface area contributed by atoms with Gasteiger partial charge in [0.1, 0.15) is 0 Å². The second-order valence-electron chi connectivity index (χ2n) is 6.28. The molecular weight excluding hydrogens is 264 g/mol. The molecule has 1 heterocycles. The van der Waals surface area contributed by atoms with Crippen LogP contribution in [0.15, 0.2) is 0 Å². The molecular formula is C15H28N6. The van der Waals surface area contributed by atoms with Gasteiger partial charge in [0.25, 0.3) is 0 Å². The van der Waals surface area contributed by atoms with Gasteiger partial charge < -0.3 is 15.5 Å². The molecule has 0 radical (unpaired) electrons. The monoisotopic (exact) mass is 292 g/mol. The highest BCUT2D eigenvalue weighted by atomic mass is 15.3. The second-order valence-corrected chi connectivity index (χ2v) is 6.28. The normalized spacial score (nSPS) is 21.9. The minimum absolute atomic E-state index is 0.600. The fourth-order valence-corrected chi connectivity index (χ4v) is 2.97. The topological polar surface area (TPSA) is 66.0 Å². The van der Waals surface area contributed by atoms with Crippen molar-refractivity contribution in [3.63, 3.8) is 0 Å². The first kappa shape index (κ1) is 15.8. The van der Waals surface area contributed by atoms with E-state index in [4.69, 9.17) is 0 Å². The molecule has 1 aliphatic rings. The summed E-state index contributed by atoms with van der Waals surface area (Å²) < 4.78 is 0. The van der Waals surface area contributed by atoms with Gasteiger partial charge in [0.05, 0.1) is 0 Å². The van der Waals surface area contributed by atoms with Gasteiger partial charge in [-0.3, -0.25) is 0 Å². The fraction of sp³-hybridized carbons (Fsp3) is 0.800. The van der Waals surface area contributed by atoms with Crippen molar-refractivity contribution in [3.8, 4) is 0 Å². The molecule has 0 spiro atoms. The van der Waals surface area contributed by atoms with Crippen LogP contribution in [-0.4, -0.2) is 42.6 Å². The first-order valence-electron chi connectivity index (χ1n) is 7.93. The van der Waals surface area contributed by atoms with Crippen molar-refractivity contribution in [2.24, 2.45) is 11.8 Å². The van der Waals surface area contributed by atoms with Crippen LogP contribution in [0.3, 0.4) is 0 Å². The molecule has 0 saturated heterocycles. The number of nitrogens with zero attached hydrogens (tertiary/aromatic N) is 4. The van der Waals surface area contributed by atoms with E-state index in [2.05, 4.69) is 32.5 Å². The van der Waals surface area contributed by atoms with E-state index in [-0.39, 0.29) is 0 Å². The highest BCUT2D eigenvalue weighted by Crippen LogP contribution is 2.30. The Kier molecular flexibility index (Phi) is 5.59. The maximum atomic E-state index is 4.43. The maximum Gasteiger partial charge on any atom is 0.231 e. The number of rotatable bonds is 6. The van der Waals surface area contributed by atoms with Crippen LogP contribution in [0.4, 0.5) is 17.8 Å². The van der Waals surface area contributed by atoms with Crippen molar-refractivity contribution in [3.05, 3.63) is 0 Å². The van der Waals surface area contributed by atoms with Crippen LogP contribution in [-0.2, 0) is 0 Å². The lowest BCUT2D eigenvalue weighted by Crippen LogP contribution is -2.19.